The number of nitrogens with one attached hydrogen (secondary N) is 2. The Kier molecular flexibility index (Phi) is 12.5. The Balaban J connectivity index is 3.78. The van der Waals surface area contributed by atoms with Crippen molar-refractivity contribution in [3.05, 3.63) is 34.9 Å². The highest BCUT2D eigenvalue weighted by atomic mass is 16.6. The molecule has 0 spiro atoms. The fourth-order valence-electron chi connectivity index (χ4n) is 4.50. The molecule has 222 valence electrons. The molecule has 0 saturated carbocycles. The second kappa shape index (κ2) is 14.2. The van der Waals surface area contributed by atoms with E-state index in [9.17, 15) is 14.4 Å². The monoisotopic (exact) mass is 545 g/mol. The van der Waals surface area contributed by atoms with Gasteiger partial charge in [-0.25, -0.2) is 4.79 Å². The number of amides is 3. The van der Waals surface area contributed by atoms with Crippen molar-refractivity contribution in [3.63, 3.8) is 0 Å². The Labute approximate surface area is 237 Å². The Morgan fingerprint density at radius 1 is 0.949 bits per heavy atom. The zero-order chi connectivity index (χ0) is 30.3. The predicted molar refractivity (Wildman–Crippen MR) is 160 cm³/mol. The largest absolute Gasteiger partial charge is 0.444 e. The molecule has 0 fully saturated rings. The predicted octanol–water partition coefficient (Wildman–Crippen LogP) is 6.85. The molecule has 1 aromatic rings. The lowest BCUT2D eigenvalue weighted by Gasteiger charge is -2.41. The zero-order valence-electron chi connectivity index (χ0n) is 26.8. The Bertz CT molecular complexity index is 975. The molecule has 7 heteroatoms. The highest BCUT2D eigenvalue weighted by molar-refractivity contribution is 5.93. The van der Waals surface area contributed by atoms with E-state index in [1.807, 2.05) is 73.6 Å². The minimum Gasteiger partial charge on any atom is -0.444 e. The van der Waals surface area contributed by atoms with Gasteiger partial charge in [-0.2, -0.15) is 0 Å². The van der Waals surface area contributed by atoms with E-state index in [1.165, 1.54) is 0 Å². The number of hydrogen-bond donors (Lipinski definition) is 2. The molecule has 4 unspecified atom stereocenters. The van der Waals surface area contributed by atoms with Gasteiger partial charge in [-0.05, 0) is 98.1 Å². The molecular formula is C32H55N3O4. The number of ether oxygens (including phenoxy) is 1. The van der Waals surface area contributed by atoms with Crippen LogP contribution in [0.2, 0.25) is 0 Å². The van der Waals surface area contributed by atoms with Crippen molar-refractivity contribution in [2.75, 3.05) is 0 Å². The van der Waals surface area contributed by atoms with Crippen LogP contribution >= 0.6 is 0 Å². The molecule has 0 radical (unpaired) electrons. The molecule has 0 aromatic heterocycles. The first-order chi connectivity index (χ1) is 17.8. The quantitative estimate of drug-likeness (QED) is 0.318. The van der Waals surface area contributed by atoms with Gasteiger partial charge in [-0.15, -0.1) is 0 Å². The normalized spacial score (nSPS) is 15.2. The molecule has 0 aliphatic heterocycles. The van der Waals surface area contributed by atoms with E-state index in [2.05, 4.69) is 24.5 Å². The summed E-state index contributed by atoms with van der Waals surface area (Å²) in [5, 5.41) is 5.99. The SMILES string of the molecule is CCC(C)C(NC(=O)OC(C)(C)C)C(=O)N(C(C)CCC(C)C)C(C(=O)NC(C)(C)C)c1cc(C)ccc1C. The number of nitrogens with zero attached hydrogens (tertiary/aromatic N) is 1. The summed E-state index contributed by atoms with van der Waals surface area (Å²) in [5.41, 5.74) is 1.54. The third-order valence-corrected chi connectivity index (χ3v) is 6.80. The van der Waals surface area contributed by atoms with E-state index in [1.54, 1.807) is 25.7 Å². The first-order valence-electron chi connectivity index (χ1n) is 14.5. The van der Waals surface area contributed by atoms with Crippen molar-refractivity contribution in [2.24, 2.45) is 11.8 Å². The van der Waals surface area contributed by atoms with Crippen molar-refractivity contribution in [3.8, 4) is 0 Å². The van der Waals surface area contributed by atoms with Crippen LogP contribution in [0.3, 0.4) is 0 Å². The van der Waals surface area contributed by atoms with Gasteiger partial charge in [-0.3, -0.25) is 9.59 Å². The maximum atomic E-state index is 14.6. The van der Waals surface area contributed by atoms with E-state index in [-0.39, 0.29) is 23.8 Å². The lowest BCUT2D eigenvalue weighted by molar-refractivity contribution is -0.146. The minimum absolute atomic E-state index is 0.172. The van der Waals surface area contributed by atoms with Crippen LogP contribution in [0.1, 0.15) is 118 Å². The van der Waals surface area contributed by atoms with Gasteiger partial charge in [0.05, 0.1) is 0 Å². The van der Waals surface area contributed by atoms with E-state index in [4.69, 9.17) is 4.74 Å². The minimum atomic E-state index is -0.856. The molecule has 0 aliphatic rings. The first-order valence-corrected chi connectivity index (χ1v) is 14.5. The van der Waals surface area contributed by atoms with Gasteiger partial charge in [0.1, 0.15) is 17.7 Å². The number of benzene rings is 1. The molecule has 0 saturated heterocycles. The smallest absolute Gasteiger partial charge is 0.408 e. The molecule has 1 rings (SSSR count). The van der Waals surface area contributed by atoms with E-state index in [0.717, 1.165) is 29.5 Å². The molecule has 0 bridgehead atoms. The van der Waals surface area contributed by atoms with Crippen molar-refractivity contribution < 1.29 is 19.1 Å². The standard InChI is InChI=1S/C32H55N3O4/c1-14-22(5)26(33-30(38)39-32(11,12)13)29(37)35(24(7)18-15-20(2)3)27(28(36)34-31(8,9)10)25-19-21(4)16-17-23(25)6/h16-17,19-20,22,24,26-27H,14-15,18H2,1-13H3,(H,33,38)(H,34,36). The van der Waals surface area contributed by atoms with Crippen LogP contribution in [-0.4, -0.2) is 46.0 Å². The van der Waals surface area contributed by atoms with Crippen LogP contribution in [0.25, 0.3) is 0 Å². The summed E-state index contributed by atoms with van der Waals surface area (Å²) in [6.45, 7) is 25.4. The van der Waals surface area contributed by atoms with Crippen molar-refractivity contribution >= 4 is 17.9 Å². The number of rotatable bonds is 11. The van der Waals surface area contributed by atoms with Gasteiger partial charge >= 0.3 is 6.09 Å². The van der Waals surface area contributed by atoms with Crippen LogP contribution in [0, 0.1) is 25.7 Å². The molecule has 7 nitrogen and oxygen atoms in total. The van der Waals surface area contributed by atoms with Gasteiger partial charge in [0.25, 0.3) is 0 Å². The molecule has 4 atom stereocenters. The summed E-state index contributed by atoms with van der Waals surface area (Å²) in [4.78, 5) is 43.3. The van der Waals surface area contributed by atoms with Crippen molar-refractivity contribution in [1.82, 2.24) is 15.5 Å². The fraction of sp³-hybridized carbons (Fsp3) is 0.719. The van der Waals surface area contributed by atoms with Gasteiger partial charge in [0.15, 0.2) is 0 Å². The molecule has 0 aliphatic carbocycles. The van der Waals surface area contributed by atoms with Crippen molar-refractivity contribution in [2.45, 2.75) is 139 Å². The van der Waals surface area contributed by atoms with Crippen LogP contribution < -0.4 is 10.6 Å². The summed E-state index contributed by atoms with van der Waals surface area (Å²) < 4.78 is 5.53. The van der Waals surface area contributed by atoms with Crippen LogP contribution in [0.15, 0.2) is 18.2 Å². The van der Waals surface area contributed by atoms with Crippen LogP contribution in [0.4, 0.5) is 4.79 Å². The van der Waals surface area contributed by atoms with E-state index >= 15 is 0 Å². The highest BCUT2D eigenvalue weighted by Crippen LogP contribution is 2.31. The highest BCUT2D eigenvalue weighted by Gasteiger charge is 2.41. The number of alkyl carbamates (subject to hydrolysis) is 1. The average molecular weight is 546 g/mol. The third-order valence-electron chi connectivity index (χ3n) is 6.80. The first kappa shape index (κ1) is 34.5. The maximum Gasteiger partial charge on any atom is 0.408 e. The maximum absolute atomic E-state index is 14.6. The summed E-state index contributed by atoms with van der Waals surface area (Å²) in [7, 11) is 0. The molecule has 39 heavy (non-hydrogen) atoms. The Morgan fingerprint density at radius 2 is 1.54 bits per heavy atom. The van der Waals surface area contributed by atoms with Crippen LogP contribution in [-0.2, 0) is 14.3 Å². The summed E-state index contributed by atoms with van der Waals surface area (Å²) >= 11 is 0. The third kappa shape index (κ3) is 11.2. The molecular weight excluding hydrogens is 490 g/mol. The summed E-state index contributed by atoms with van der Waals surface area (Å²) in [6.07, 6.45) is 1.66. The number of carbonyl (C=O) groups excluding carboxylic acids is 3. The zero-order valence-corrected chi connectivity index (χ0v) is 26.8. The number of aryl methyl sites for hydroxylation is 2. The molecule has 0 heterocycles. The summed E-state index contributed by atoms with van der Waals surface area (Å²) in [6, 6.07) is 4.05. The fourth-order valence-corrected chi connectivity index (χ4v) is 4.50. The number of carbonyl (C=O) groups is 3. The van der Waals surface area contributed by atoms with Crippen molar-refractivity contribution in [1.29, 1.82) is 0 Å². The lowest BCUT2D eigenvalue weighted by atomic mass is 9.91. The lowest BCUT2D eigenvalue weighted by Crippen LogP contribution is -2.58. The molecule has 1 aromatic carbocycles. The topological polar surface area (TPSA) is 87.7 Å². The molecule has 2 N–H and O–H groups in total. The Morgan fingerprint density at radius 3 is 2.03 bits per heavy atom. The van der Waals surface area contributed by atoms with E-state index in [0.29, 0.717) is 12.3 Å². The average Bonchev–Trinajstić information content (AvgIpc) is 2.77. The Hall–Kier alpha value is -2.57. The number of hydrogen-bond acceptors (Lipinski definition) is 4. The molecule has 3 amide bonds. The van der Waals surface area contributed by atoms with Gasteiger partial charge in [-0.1, -0.05) is 57.9 Å². The van der Waals surface area contributed by atoms with Gasteiger partial charge in [0, 0.05) is 11.6 Å². The van der Waals surface area contributed by atoms with E-state index < -0.39 is 29.3 Å². The van der Waals surface area contributed by atoms with Gasteiger partial charge < -0.3 is 20.3 Å². The second-order valence-electron chi connectivity index (χ2n) is 13.6. The summed E-state index contributed by atoms with van der Waals surface area (Å²) in [5.74, 6) is -0.241. The van der Waals surface area contributed by atoms with Gasteiger partial charge in [0.2, 0.25) is 11.8 Å². The second-order valence-corrected chi connectivity index (χ2v) is 13.6. The van der Waals surface area contributed by atoms with Crippen LogP contribution in [0.5, 0.6) is 0 Å².